The van der Waals surface area contributed by atoms with Crippen LogP contribution in [0.3, 0.4) is 0 Å². The normalized spacial score (nSPS) is 15.0. The average Bonchev–Trinajstić information content (AvgIpc) is 2.99. The second-order valence-corrected chi connectivity index (χ2v) is 6.40. The molecule has 1 saturated heterocycles. The molecule has 4 rings (SSSR count). The number of hydrogen-bond donors (Lipinski definition) is 0. The lowest BCUT2D eigenvalue weighted by Gasteiger charge is -2.35. The van der Waals surface area contributed by atoms with Gasteiger partial charge in [-0.3, -0.25) is 9.20 Å². The van der Waals surface area contributed by atoms with E-state index in [1.54, 1.807) is 6.20 Å². The molecule has 25 heavy (non-hydrogen) atoms. The second-order valence-electron chi connectivity index (χ2n) is 6.40. The molecule has 0 saturated carbocycles. The number of hydrogen-bond acceptors (Lipinski definition) is 4. The first kappa shape index (κ1) is 15.6. The first-order chi connectivity index (χ1) is 12.1. The zero-order valence-corrected chi connectivity index (χ0v) is 14.5. The molecule has 0 aliphatic carbocycles. The van der Waals surface area contributed by atoms with Crippen molar-refractivity contribution in [3.63, 3.8) is 0 Å². The Kier molecular flexibility index (Phi) is 3.87. The van der Waals surface area contributed by atoms with Crippen LogP contribution >= 0.6 is 0 Å². The van der Waals surface area contributed by atoms with Crippen LogP contribution in [0.15, 0.2) is 42.7 Å². The van der Waals surface area contributed by atoms with Crippen LogP contribution in [0.4, 0.5) is 5.82 Å². The topological polar surface area (TPSA) is 53.7 Å². The van der Waals surface area contributed by atoms with Crippen molar-refractivity contribution in [1.82, 2.24) is 19.3 Å². The van der Waals surface area contributed by atoms with Gasteiger partial charge in [0.05, 0.1) is 5.69 Å². The lowest BCUT2D eigenvalue weighted by molar-refractivity contribution is 0.0738. The molecule has 1 amide bonds. The fourth-order valence-electron chi connectivity index (χ4n) is 3.40. The van der Waals surface area contributed by atoms with Crippen LogP contribution in [-0.4, -0.2) is 51.4 Å². The molecule has 0 bridgehead atoms. The van der Waals surface area contributed by atoms with E-state index >= 15 is 0 Å². The molecular weight excluding hydrogens is 314 g/mol. The molecule has 0 N–H and O–H groups in total. The predicted molar refractivity (Wildman–Crippen MR) is 97.0 cm³/mol. The summed E-state index contributed by atoms with van der Waals surface area (Å²) in [6.45, 7) is 6.88. The van der Waals surface area contributed by atoms with Crippen molar-refractivity contribution >= 4 is 17.4 Å². The van der Waals surface area contributed by atoms with E-state index in [0.717, 1.165) is 35.8 Å². The highest BCUT2D eigenvalue weighted by Gasteiger charge is 2.26. The van der Waals surface area contributed by atoms with E-state index in [-0.39, 0.29) is 5.91 Å². The molecule has 6 heteroatoms. The van der Waals surface area contributed by atoms with Crippen molar-refractivity contribution in [3.05, 3.63) is 59.7 Å². The Morgan fingerprint density at radius 2 is 1.84 bits per heavy atom. The number of piperazine rings is 1. The van der Waals surface area contributed by atoms with Crippen molar-refractivity contribution in [2.45, 2.75) is 13.8 Å². The number of amides is 1. The summed E-state index contributed by atoms with van der Waals surface area (Å²) in [7, 11) is 0. The summed E-state index contributed by atoms with van der Waals surface area (Å²) in [5.74, 6) is 1.02. The molecule has 3 aromatic rings. The quantitative estimate of drug-likeness (QED) is 0.721. The smallest absolute Gasteiger partial charge is 0.272 e. The highest BCUT2D eigenvalue weighted by atomic mass is 16.2. The van der Waals surface area contributed by atoms with Crippen LogP contribution in [-0.2, 0) is 0 Å². The lowest BCUT2D eigenvalue weighted by atomic mass is 10.2. The van der Waals surface area contributed by atoms with Crippen molar-refractivity contribution in [1.29, 1.82) is 0 Å². The van der Waals surface area contributed by atoms with E-state index in [4.69, 9.17) is 0 Å². The summed E-state index contributed by atoms with van der Waals surface area (Å²) in [5.41, 5.74) is 3.39. The molecule has 128 valence electrons. The summed E-state index contributed by atoms with van der Waals surface area (Å²) < 4.78 is 1.91. The summed E-state index contributed by atoms with van der Waals surface area (Å²) in [5, 5.41) is 0. The Labute approximate surface area is 146 Å². The first-order valence-electron chi connectivity index (χ1n) is 8.54. The molecule has 0 unspecified atom stereocenters. The molecule has 4 heterocycles. The van der Waals surface area contributed by atoms with Gasteiger partial charge in [-0.2, -0.15) is 0 Å². The van der Waals surface area contributed by atoms with Crippen molar-refractivity contribution in [3.8, 4) is 0 Å². The van der Waals surface area contributed by atoms with Crippen molar-refractivity contribution < 1.29 is 4.79 Å². The van der Waals surface area contributed by atoms with Gasteiger partial charge in [0.2, 0.25) is 0 Å². The number of anilines is 1. The molecule has 6 nitrogen and oxygen atoms in total. The number of pyridine rings is 2. The minimum atomic E-state index is 0.0521. The lowest BCUT2D eigenvalue weighted by Crippen LogP contribution is -2.49. The molecule has 1 fully saturated rings. The summed E-state index contributed by atoms with van der Waals surface area (Å²) in [6.07, 6.45) is 3.72. The van der Waals surface area contributed by atoms with E-state index in [9.17, 15) is 4.79 Å². The summed E-state index contributed by atoms with van der Waals surface area (Å²) in [6, 6.07) is 9.89. The fourth-order valence-corrected chi connectivity index (χ4v) is 3.40. The SMILES string of the molecule is Cc1nc2c(C)cccn2c1C(=O)N1CCN(c2ccccn2)CC1. The number of fused-ring (bicyclic) bond motifs is 1. The monoisotopic (exact) mass is 335 g/mol. The predicted octanol–water partition coefficient (Wildman–Crippen LogP) is 2.31. The van der Waals surface area contributed by atoms with E-state index in [2.05, 4.69) is 14.9 Å². The number of aryl methyl sites for hydroxylation is 2. The van der Waals surface area contributed by atoms with Gasteiger partial charge in [0.1, 0.15) is 17.2 Å². The molecule has 1 aliphatic rings. The Morgan fingerprint density at radius 3 is 2.56 bits per heavy atom. The van der Waals surface area contributed by atoms with Crippen LogP contribution < -0.4 is 4.90 Å². The third kappa shape index (κ3) is 2.73. The third-order valence-electron chi connectivity index (χ3n) is 4.76. The molecule has 1 aliphatic heterocycles. The number of nitrogens with zero attached hydrogens (tertiary/aromatic N) is 5. The molecular formula is C19H21N5O. The fraction of sp³-hybridized carbons (Fsp3) is 0.316. The number of carbonyl (C=O) groups excluding carboxylic acids is 1. The van der Waals surface area contributed by atoms with Crippen LogP contribution in [0.2, 0.25) is 0 Å². The van der Waals surface area contributed by atoms with E-state index < -0.39 is 0 Å². The minimum absolute atomic E-state index is 0.0521. The minimum Gasteiger partial charge on any atom is -0.353 e. The maximum atomic E-state index is 13.1. The van der Waals surface area contributed by atoms with E-state index in [0.29, 0.717) is 18.8 Å². The largest absolute Gasteiger partial charge is 0.353 e. The van der Waals surface area contributed by atoms with Crippen molar-refractivity contribution in [2.24, 2.45) is 0 Å². The average molecular weight is 335 g/mol. The number of imidazole rings is 1. The molecule has 0 atom stereocenters. The van der Waals surface area contributed by atoms with Gasteiger partial charge in [0, 0.05) is 38.6 Å². The van der Waals surface area contributed by atoms with Crippen LogP contribution in [0.1, 0.15) is 21.7 Å². The maximum absolute atomic E-state index is 13.1. The van der Waals surface area contributed by atoms with Crippen molar-refractivity contribution in [2.75, 3.05) is 31.1 Å². The van der Waals surface area contributed by atoms with Gasteiger partial charge in [0.15, 0.2) is 0 Å². The van der Waals surface area contributed by atoms with Crippen LogP contribution in [0.25, 0.3) is 5.65 Å². The van der Waals surface area contributed by atoms with Gasteiger partial charge < -0.3 is 9.80 Å². The van der Waals surface area contributed by atoms with E-state index in [1.807, 2.05) is 59.7 Å². The van der Waals surface area contributed by atoms with Gasteiger partial charge in [-0.05, 0) is 37.6 Å². The second kappa shape index (κ2) is 6.20. The standard InChI is InChI=1S/C19H21N5O/c1-14-6-5-9-24-17(15(2)21-18(14)24)19(25)23-12-10-22(11-13-23)16-7-3-4-8-20-16/h3-9H,10-13H2,1-2H3. The van der Waals surface area contributed by atoms with Gasteiger partial charge in [-0.25, -0.2) is 9.97 Å². The van der Waals surface area contributed by atoms with Gasteiger partial charge in [0.25, 0.3) is 5.91 Å². The van der Waals surface area contributed by atoms with Crippen LogP contribution in [0, 0.1) is 13.8 Å². The zero-order chi connectivity index (χ0) is 17.4. The Bertz CT molecular complexity index is 910. The molecule has 0 radical (unpaired) electrons. The molecule has 0 spiro atoms. The molecule has 0 aromatic carbocycles. The van der Waals surface area contributed by atoms with Gasteiger partial charge in [-0.15, -0.1) is 0 Å². The third-order valence-corrected chi connectivity index (χ3v) is 4.76. The van der Waals surface area contributed by atoms with Gasteiger partial charge >= 0.3 is 0 Å². The Morgan fingerprint density at radius 1 is 1.04 bits per heavy atom. The molecule has 3 aromatic heterocycles. The summed E-state index contributed by atoms with van der Waals surface area (Å²) in [4.78, 5) is 26.2. The maximum Gasteiger partial charge on any atom is 0.272 e. The highest BCUT2D eigenvalue weighted by Crippen LogP contribution is 2.19. The number of aromatic nitrogens is 3. The Hall–Kier alpha value is -2.89. The summed E-state index contributed by atoms with van der Waals surface area (Å²) >= 11 is 0. The number of carbonyl (C=O) groups is 1. The zero-order valence-electron chi connectivity index (χ0n) is 14.5. The number of rotatable bonds is 2. The van der Waals surface area contributed by atoms with Gasteiger partial charge in [-0.1, -0.05) is 12.1 Å². The Balaban J connectivity index is 1.55. The van der Waals surface area contributed by atoms with E-state index in [1.165, 1.54) is 0 Å². The first-order valence-corrected chi connectivity index (χ1v) is 8.54. The van der Waals surface area contributed by atoms with Crippen LogP contribution in [0.5, 0.6) is 0 Å². The highest BCUT2D eigenvalue weighted by molar-refractivity contribution is 5.95.